The largest absolute Gasteiger partial charge is 0.542 e. The summed E-state index contributed by atoms with van der Waals surface area (Å²) in [5.41, 5.74) is 2.21. The number of benzene rings is 1. The van der Waals surface area contributed by atoms with Crippen LogP contribution in [0.2, 0.25) is 0 Å². The molecule has 1 aliphatic rings. The molecule has 3 aromatic rings. The Balaban J connectivity index is 0.000000406. The summed E-state index contributed by atoms with van der Waals surface area (Å²) in [6.45, 7) is 3.12. The minimum absolute atomic E-state index is 0.113. The summed E-state index contributed by atoms with van der Waals surface area (Å²) < 4.78 is 47.7. The molecule has 0 bridgehead atoms. The van der Waals surface area contributed by atoms with E-state index in [2.05, 4.69) is 10.3 Å². The van der Waals surface area contributed by atoms with Gasteiger partial charge in [0, 0.05) is 37.5 Å². The number of quaternary nitrogens is 1. The van der Waals surface area contributed by atoms with Crippen molar-refractivity contribution in [1.82, 2.24) is 14.3 Å². The molecule has 3 N–H and O–H groups in total. The lowest BCUT2D eigenvalue weighted by Crippen LogP contribution is -2.84. The first-order chi connectivity index (χ1) is 16.1. The van der Waals surface area contributed by atoms with Crippen LogP contribution in [0, 0.1) is 5.82 Å². The van der Waals surface area contributed by atoms with E-state index in [1.807, 2.05) is 16.7 Å². The maximum absolute atomic E-state index is 14.4. The molecule has 1 aromatic carbocycles. The van der Waals surface area contributed by atoms with E-state index in [-0.39, 0.29) is 17.0 Å². The predicted molar refractivity (Wildman–Crippen MR) is 110 cm³/mol. The number of nitrogens with zero attached hydrogens (tertiary/aromatic N) is 2. The van der Waals surface area contributed by atoms with Gasteiger partial charge in [0.1, 0.15) is 17.3 Å². The average molecular weight is 482 g/mol. The zero-order chi connectivity index (χ0) is 24.9. The Morgan fingerprint density at radius 3 is 2.59 bits per heavy atom. The number of aromatic amines is 1. The summed E-state index contributed by atoms with van der Waals surface area (Å²) in [7, 11) is 0. The van der Waals surface area contributed by atoms with Crippen molar-refractivity contribution in [2.45, 2.75) is 19.0 Å². The number of hydrogen-bond donors (Lipinski definition) is 2. The SMILES string of the molecule is O=C([O-])C(F)(F)F.O=C(c1cc(Cc2c[nH]c(=O)c3cccn23)ccc1F)N1CCC[NH2+]CC1. The minimum atomic E-state index is -5.19. The third-order valence-electron chi connectivity index (χ3n) is 5.27. The van der Waals surface area contributed by atoms with Gasteiger partial charge in [0.25, 0.3) is 11.5 Å². The number of halogens is 4. The van der Waals surface area contributed by atoms with E-state index in [0.717, 1.165) is 30.8 Å². The van der Waals surface area contributed by atoms with Crippen LogP contribution in [0.3, 0.4) is 0 Å². The fourth-order valence-electron chi connectivity index (χ4n) is 3.60. The second kappa shape index (κ2) is 10.5. The number of nitrogens with two attached hydrogens (primary N) is 1. The molecule has 182 valence electrons. The van der Waals surface area contributed by atoms with Gasteiger partial charge in [0.05, 0.1) is 25.2 Å². The third-order valence-corrected chi connectivity index (χ3v) is 5.27. The molecule has 0 atom stereocenters. The van der Waals surface area contributed by atoms with Crippen molar-refractivity contribution >= 4 is 17.4 Å². The number of rotatable bonds is 3. The summed E-state index contributed by atoms with van der Waals surface area (Å²) in [4.78, 5) is 37.9. The summed E-state index contributed by atoms with van der Waals surface area (Å²) in [6.07, 6.45) is -0.319. The van der Waals surface area contributed by atoms with Crippen molar-refractivity contribution in [3.05, 3.63) is 75.7 Å². The lowest BCUT2D eigenvalue weighted by Gasteiger charge is -2.19. The van der Waals surface area contributed by atoms with Crippen molar-refractivity contribution in [1.29, 1.82) is 0 Å². The number of nitrogens with one attached hydrogen (secondary N) is 1. The Kier molecular flexibility index (Phi) is 7.72. The van der Waals surface area contributed by atoms with Crippen molar-refractivity contribution in [2.75, 3.05) is 26.2 Å². The molecular formula is C22H22F4N4O4. The second-order valence-electron chi connectivity index (χ2n) is 7.66. The molecule has 1 fully saturated rings. The van der Waals surface area contributed by atoms with Crippen LogP contribution < -0.4 is 16.0 Å². The molecule has 12 heteroatoms. The van der Waals surface area contributed by atoms with E-state index in [0.29, 0.717) is 25.0 Å². The molecule has 34 heavy (non-hydrogen) atoms. The standard InChI is InChI=1S/C20H21FN4O2.C2HF3O2/c21-17-5-4-14(11-15-13-23-19(26)18-3-1-9-25(15)18)12-16(17)20(27)24-8-2-6-22-7-10-24;3-2(4,5)1(6)7/h1,3-5,9,12-13,22H,2,6-8,10-11H2,(H,23,26);(H,6,7). The van der Waals surface area contributed by atoms with Gasteiger partial charge in [-0.25, -0.2) is 4.39 Å². The first-order valence-electron chi connectivity index (χ1n) is 10.4. The lowest BCUT2D eigenvalue weighted by atomic mass is 10.0. The van der Waals surface area contributed by atoms with Crippen LogP contribution >= 0.6 is 0 Å². The fraction of sp³-hybridized carbons (Fsp3) is 0.318. The Morgan fingerprint density at radius 2 is 1.88 bits per heavy atom. The number of aliphatic carboxylic acids is 1. The number of amides is 1. The lowest BCUT2D eigenvalue weighted by molar-refractivity contribution is -0.651. The number of hydrogen-bond acceptors (Lipinski definition) is 4. The number of H-pyrrole nitrogens is 1. The first kappa shape index (κ1) is 25.0. The number of carboxylic acid groups (broad SMARTS) is 1. The van der Waals surface area contributed by atoms with E-state index >= 15 is 0 Å². The van der Waals surface area contributed by atoms with Gasteiger partial charge in [-0.15, -0.1) is 0 Å². The minimum Gasteiger partial charge on any atom is -0.542 e. The van der Waals surface area contributed by atoms with Crippen molar-refractivity contribution in [3.63, 3.8) is 0 Å². The molecule has 1 amide bonds. The van der Waals surface area contributed by atoms with Crippen molar-refractivity contribution in [2.24, 2.45) is 0 Å². The molecular weight excluding hydrogens is 460 g/mol. The molecule has 1 aliphatic heterocycles. The van der Waals surface area contributed by atoms with E-state index in [1.54, 1.807) is 29.3 Å². The molecule has 0 radical (unpaired) electrons. The van der Waals surface area contributed by atoms with Gasteiger partial charge in [-0.3, -0.25) is 9.59 Å². The highest BCUT2D eigenvalue weighted by Crippen LogP contribution is 2.17. The third kappa shape index (κ3) is 6.01. The van der Waals surface area contributed by atoms with Gasteiger partial charge in [-0.1, -0.05) is 6.07 Å². The zero-order valence-electron chi connectivity index (χ0n) is 17.9. The Labute approximate surface area is 190 Å². The number of fused-ring (bicyclic) bond motifs is 1. The average Bonchev–Trinajstić information content (AvgIpc) is 3.13. The maximum Gasteiger partial charge on any atom is 0.430 e. The first-order valence-corrected chi connectivity index (χ1v) is 10.4. The normalized spacial score (nSPS) is 14.3. The molecule has 2 aromatic heterocycles. The molecule has 8 nitrogen and oxygen atoms in total. The van der Waals surface area contributed by atoms with Crippen LogP contribution in [0.5, 0.6) is 0 Å². The van der Waals surface area contributed by atoms with Gasteiger partial charge in [-0.05, 0) is 29.8 Å². The monoisotopic (exact) mass is 482 g/mol. The molecule has 0 spiro atoms. The van der Waals surface area contributed by atoms with Gasteiger partial charge < -0.3 is 29.5 Å². The van der Waals surface area contributed by atoms with Gasteiger partial charge in [0.2, 0.25) is 0 Å². The van der Waals surface area contributed by atoms with E-state index < -0.39 is 18.0 Å². The highest BCUT2D eigenvalue weighted by molar-refractivity contribution is 5.94. The van der Waals surface area contributed by atoms with Crippen LogP contribution in [0.15, 0.2) is 47.5 Å². The molecule has 0 aliphatic carbocycles. The van der Waals surface area contributed by atoms with Crippen LogP contribution in [0.4, 0.5) is 17.6 Å². The van der Waals surface area contributed by atoms with Gasteiger partial charge >= 0.3 is 6.18 Å². The zero-order valence-corrected chi connectivity index (χ0v) is 17.9. The maximum atomic E-state index is 14.4. The van der Waals surface area contributed by atoms with E-state index in [9.17, 15) is 27.2 Å². The fourth-order valence-corrected chi connectivity index (χ4v) is 3.60. The van der Waals surface area contributed by atoms with Gasteiger partial charge in [0.15, 0.2) is 0 Å². The number of alkyl halides is 3. The highest BCUT2D eigenvalue weighted by atomic mass is 19.4. The van der Waals surface area contributed by atoms with Crippen molar-refractivity contribution in [3.8, 4) is 0 Å². The van der Waals surface area contributed by atoms with E-state index in [1.165, 1.54) is 6.07 Å². The van der Waals surface area contributed by atoms with E-state index in [4.69, 9.17) is 9.90 Å². The summed E-state index contributed by atoms with van der Waals surface area (Å²) in [5.74, 6) is -3.76. The molecule has 1 saturated heterocycles. The topological polar surface area (TPSA) is 114 Å². The number of carboxylic acids is 1. The Hall–Kier alpha value is -3.67. The smallest absolute Gasteiger partial charge is 0.430 e. The van der Waals surface area contributed by atoms with Crippen molar-refractivity contribution < 1.29 is 37.6 Å². The number of carbonyl (C=O) groups excluding carboxylic acids is 2. The summed E-state index contributed by atoms with van der Waals surface area (Å²) in [5, 5.41) is 11.0. The predicted octanol–water partition coefficient (Wildman–Crippen LogP) is 0.0654. The molecule has 0 unspecified atom stereocenters. The van der Waals surface area contributed by atoms with Crippen LogP contribution in [0.25, 0.3) is 5.52 Å². The van der Waals surface area contributed by atoms with Gasteiger partial charge in [-0.2, -0.15) is 13.2 Å². The summed E-state index contributed by atoms with van der Waals surface area (Å²) >= 11 is 0. The second-order valence-corrected chi connectivity index (χ2v) is 7.66. The summed E-state index contributed by atoms with van der Waals surface area (Å²) in [6, 6.07) is 8.23. The quantitative estimate of drug-likeness (QED) is 0.514. The number of carbonyl (C=O) groups is 2. The van der Waals surface area contributed by atoms with Crippen LogP contribution in [-0.2, 0) is 11.2 Å². The number of aromatic nitrogens is 2. The van der Waals surface area contributed by atoms with Crippen LogP contribution in [-0.4, -0.2) is 58.5 Å². The Bertz CT molecular complexity index is 1230. The highest BCUT2D eigenvalue weighted by Gasteiger charge is 2.28. The Morgan fingerprint density at radius 1 is 1.15 bits per heavy atom. The van der Waals surface area contributed by atoms with Crippen LogP contribution in [0.1, 0.15) is 28.0 Å². The molecule has 4 rings (SSSR count). The molecule has 3 heterocycles. The molecule has 0 saturated carbocycles.